The third-order valence-electron chi connectivity index (χ3n) is 4.02. The first-order chi connectivity index (χ1) is 9.16. The van der Waals surface area contributed by atoms with Crippen LogP contribution < -0.4 is 10.6 Å². The quantitative estimate of drug-likeness (QED) is 0.812. The minimum absolute atomic E-state index is 0. The number of carbonyl (C=O) groups is 2. The second kappa shape index (κ2) is 8.47. The summed E-state index contributed by atoms with van der Waals surface area (Å²) in [6, 6.07) is -0.0508. The molecule has 0 aliphatic carbocycles. The zero-order valence-electron chi connectivity index (χ0n) is 12.2. The Hall–Kier alpha value is -0.810. The van der Waals surface area contributed by atoms with Crippen LogP contribution in [-0.2, 0) is 9.59 Å². The number of nitrogens with zero attached hydrogens (tertiary/aromatic N) is 1. The smallest absolute Gasteiger partial charge is 0.237 e. The largest absolute Gasteiger partial charge is 0.354 e. The number of hydrogen-bond acceptors (Lipinski definition) is 3. The van der Waals surface area contributed by atoms with Gasteiger partial charge in [0.15, 0.2) is 0 Å². The molecule has 0 aromatic heterocycles. The molecule has 0 saturated carbocycles. The van der Waals surface area contributed by atoms with E-state index in [1.807, 2.05) is 4.90 Å². The van der Waals surface area contributed by atoms with Gasteiger partial charge >= 0.3 is 0 Å². The predicted octanol–water partition coefficient (Wildman–Crippen LogP) is 0.925. The van der Waals surface area contributed by atoms with Crippen LogP contribution in [-0.4, -0.2) is 48.9 Å². The molecule has 5 nitrogen and oxygen atoms in total. The van der Waals surface area contributed by atoms with Crippen molar-refractivity contribution in [1.82, 2.24) is 15.5 Å². The average Bonchev–Trinajstić information content (AvgIpc) is 2.92. The van der Waals surface area contributed by atoms with Gasteiger partial charge in [-0.1, -0.05) is 6.92 Å². The SMILES string of the molecule is CC1CCCN(C(=O)CCNC(=O)C2CCCN2)C1.Cl. The summed E-state index contributed by atoms with van der Waals surface area (Å²) in [5.41, 5.74) is 0. The van der Waals surface area contributed by atoms with Crippen molar-refractivity contribution in [2.75, 3.05) is 26.2 Å². The van der Waals surface area contributed by atoms with Gasteiger partial charge in [-0.2, -0.15) is 0 Å². The van der Waals surface area contributed by atoms with Crippen LogP contribution in [0.15, 0.2) is 0 Å². The normalized spacial score (nSPS) is 25.9. The third-order valence-corrected chi connectivity index (χ3v) is 4.02. The van der Waals surface area contributed by atoms with Gasteiger partial charge in [-0.05, 0) is 38.1 Å². The van der Waals surface area contributed by atoms with Crippen molar-refractivity contribution < 1.29 is 9.59 Å². The van der Waals surface area contributed by atoms with Gasteiger partial charge in [-0.25, -0.2) is 0 Å². The molecular formula is C14H26ClN3O2. The molecule has 2 unspecified atom stereocenters. The maximum atomic E-state index is 12.0. The number of rotatable bonds is 4. The molecule has 20 heavy (non-hydrogen) atoms. The number of piperidine rings is 1. The number of halogens is 1. The van der Waals surface area contributed by atoms with E-state index < -0.39 is 0 Å². The first-order valence-corrected chi connectivity index (χ1v) is 7.45. The molecule has 0 aromatic carbocycles. The standard InChI is InChI=1S/C14H25N3O2.ClH/c1-11-4-3-9-17(10-11)13(18)6-8-16-14(19)12-5-2-7-15-12;/h11-12,15H,2-10H2,1H3,(H,16,19);1H. The Kier molecular flexibility index (Phi) is 7.30. The van der Waals surface area contributed by atoms with E-state index >= 15 is 0 Å². The van der Waals surface area contributed by atoms with Crippen LogP contribution in [0.25, 0.3) is 0 Å². The Morgan fingerprint density at radius 2 is 2.10 bits per heavy atom. The molecule has 2 amide bonds. The number of carbonyl (C=O) groups excluding carboxylic acids is 2. The lowest BCUT2D eigenvalue weighted by Gasteiger charge is -2.31. The van der Waals surface area contributed by atoms with Gasteiger partial charge < -0.3 is 15.5 Å². The molecule has 2 atom stereocenters. The van der Waals surface area contributed by atoms with Crippen LogP contribution in [0, 0.1) is 5.92 Å². The summed E-state index contributed by atoms with van der Waals surface area (Å²) in [6.07, 6.45) is 4.70. The van der Waals surface area contributed by atoms with Crippen molar-refractivity contribution in [2.24, 2.45) is 5.92 Å². The molecule has 0 bridgehead atoms. The van der Waals surface area contributed by atoms with Gasteiger partial charge in [0.25, 0.3) is 0 Å². The van der Waals surface area contributed by atoms with Crippen molar-refractivity contribution in [3.63, 3.8) is 0 Å². The van der Waals surface area contributed by atoms with Gasteiger partial charge in [0.2, 0.25) is 11.8 Å². The highest BCUT2D eigenvalue weighted by Gasteiger charge is 2.23. The fourth-order valence-corrected chi connectivity index (χ4v) is 2.90. The van der Waals surface area contributed by atoms with Gasteiger partial charge in [0, 0.05) is 26.1 Å². The lowest BCUT2D eigenvalue weighted by atomic mass is 10.00. The zero-order valence-corrected chi connectivity index (χ0v) is 13.0. The van der Waals surface area contributed by atoms with Gasteiger partial charge in [-0.15, -0.1) is 12.4 Å². The minimum Gasteiger partial charge on any atom is -0.354 e. The lowest BCUT2D eigenvalue weighted by molar-refractivity contribution is -0.132. The van der Waals surface area contributed by atoms with Gasteiger partial charge in [0.1, 0.15) is 0 Å². The van der Waals surface area contributed by atoms with E-state index in [0.29, 0.717) is 18.9 Å². The molecule has 2 heterocycles. The van der Waals surface area contributed by atoms with Crippen molar-refractivity contribution >= 4 is 24.2 Å². The number of hydrogen-bond donors (Lipinski definition) is 2. The van der Waals surface area contributed by atoms with E-state index in [9.17, 15) is 9.59 Å². The molecule has 6 heteroatoms. The number of amides is 2. The van der Waals surface area contributed by atoms with E-state index in [1.54, 1.807) is 0 Å². The summed E-state index contributed by atoms with van der Waals surface area (Å²) in [5.74, 6) is 0.818. The Morgan fingerprint density at radius 3 is 2.75 bits per heavy atom. The fourth-order valence-electron chi connectivity index (χ4n) is 2.90. The van der Waals surface area contributed by atoms with Crippen molar-refractivity contribution in [2.45, 2.75) is 45.1 Å². The summed E-state index contributed by atoms with van der Waals surface area (Å²) < 4.78 is 0. The predicted molar refractivity (Wildman–Crippen MR) is 80.9 cm³/mol. The van der Waals surface area contributed by atoms with Crippen LogP contribution in [0.5, 0.6) is 0 Å². The van der Waals surface area contributed by atoms with E-state index in [4.69, 9.17) is 0 Å². The zero-order chi connectivity index (χ0) is 13.7. The molecule has 2 rings (SSSR count). The summed E-state index contributed by atoms with van der Waals surface area (Å²) >= 11 is 0. The number of nitrogens with one attached hydrogen (secondary N) is 2. The van der Waals surface area contributed by atoms with Crippen LogP contribution in [0.4, 0.5) is 0 Å². The summed E-state index contributed by atoms with van der Waals surface area (Å²) in [6.45, 7) is 5.31. The molecule has 0 radical (unpaired) electrons. The highest BCUT2D eigenvalue weighted by Crippen LogP contribution is 2.15. The lowest BCUT2D eigenvalue weighted by Crippen LogP contribution is -2.43. The second-order valence-electron chi connectivity index (χ2n) is 5.78. The Bertz CT molecular complexity index is 332. The molecular weight excluding hydrogens is 278 g/mol. The molecule has 2 aliphatic rings. The molecule has 2 aliphatic heterocycles. The van der Waals surface area contributed by atoms with Crippen LogP contribution in [0.1, 0.15) is 39.0 Å². The highest BCUT2D eigenvalue weighted by atomic mass is 35.5. The molecule has 0 spiro atoms. The molecule has 2 fully saturated rings. The molecule has 2 saturated heterocycles. The van der Waals surface area contributed by atoms with E-state index in [0.717, 1.165) is 38.9 Å². The summed E-state index contributed by atoms with van der Waals surface area (Å²) in [4.78, 5) is 25.7. The van der Waals surface area contributed by atoms with Crippen LogP contribution >= 0.6 is 12.4 Å². The van der Waals surface area contributed by atoms with Crippen molar-refractivity contribution in [3.05, 3.63) is 0 Å². The van der Waals surface area contributed by atoms with E-state index in [2.05, 4.69) is 17.6 Å². The van der Waals surface area contributed by atoms with Crippen LogP contribution in [0.3, 0.4) is 0 Å². The molecule has 116 valence electrons. The minimum atomic E-state index is -0.0508. The highest BCUT2D eigenvalue weighted by molar-refractivity contribution is 5.85. The molecule has 0 aromatic rings. The third kappa shape index (κ3) is 4.94. The molecule has 2 N–H and O–H groups in total. The Morgan fingerprint density at radius 1 is 1.30 bits per heavy atom. The number of likely N-dealkylation sites (tertiary alicyclic amines) is 1. The maximum absolute atomic E-state index is 12.0. The first-order valence-electron chi connectivity index (χ1n) is 7.45. The van der Waals surface area contributed by atoms with Gasteiger partial charge in [-0.3, -0.25) is 9.59 Å². The van der Waals surface area contributed by atoms with Crippen molar-refractivity contribution in [3.8, 4) is 0 Å². The monoisotopic (exact) mass is 303 g/mol. The topological polar surface area (TPSA) is 61.4 Å². The van der Waals surface area contributed by atoms with Gasteiger partial charge in [0.05, 0.1) is 6.04 Å². The van der Waals surface area contributed by atoms with E-state index in [1.165, 1.54) is 6.42 Å². The fraction of sp³-hybridized carbons (Fsp3) is 0.857. The second-order valence-corrected chi connectivity index (χ2v) is 5.78. The first kappa shape index (κ1) is 17.2. The van der Waals surface area contributed by atoms with Crippen LogP contribution in [0.2, 0.25) is 0 Å². The summed E-state index contributed by atoms with van der Waals surface area (Å²) in [5, 5.41) is 6.01. The maximum Gasteiger partial charge on any atom is 0.237 e. The van der Waals surface area contributed by atoms with E-state index in [-0.39, 0.29) is 30.3 Å². The van der Waals surface area contributed by atoms with Crippen molar-refractivity contribution in [1.29, 1.82) is 0 Å². The Labute approximate surface area is 127 Å². The Balaban J connectivity index is 0.00000200. The average molecular weight is 304 g/mol. The summed E-state index contributed by atoms with van der Waals surface area (Å²) in [7, 11) is 0.